The highest BCUT2D eigenvalue weighted by molar-refractivity contribution is 7.52. The van der Waals surface area contributed by atoms with Crippen molar-refractivity contribution < 1.29 is 13.6 Å². The predicted molar refractivity (Wildman–Crippen MR) is 39.5 cm³/mol. The third kappa shape index (κ3) is 1.11. The maximum atomic E-state index is 11.0. The van der Waals surface area contributed by atoms with Crippen molar-refractivity contribution >= 4 is 7.75 Å². The van der Waals surface area contributed by atoms with Crippen LogP contribution in [0.5, 0.6) is 11.5 Å². The number of para-hydroxylation sites is 2. The van der Waals surface area contributed by atoms with E-state index < -0.39 is 7.75 Å². The lowest BCUT2D eigenvalue weighted by atomic mass is 10.3. The van der Waals surface area contributed by atoms with E-state index in [1.165, 1.54) is 0 Å². The normalized spacial score (nSPS) is 18.3. The van der Waals surface area contributed by atoms with Crippen molar-refractivity contribution in [3.63, 3.8) is 0 Å². The van der Waals surface area contributed by atoms with Gasteiger partial charge < -0.3 is 9.05 Å². The molecule has 0 amide bonds. The highest BCUT2D eigenvalue weighted by Gasteiger charge is 2.31. The molecule has 0 fully saturated rings. The zero-order chi connectivity index (χ0) is 7.90. The molecule has 0 aromatic heterocycles. The Kier molecular flexibility index (Phi) is 1.22. The lowest BCUT2D eigenvalue weighted by molar-refractivity contribution is 0.432. The molecule has 0 bridgehead atoms. The first-order chi connectivity index (χ1) is 5.17. The van der Waals surface area contributed by atoms with Crippen LogP contribution in [-0.2, 0) is 4.57 Å². The number of fused-ring (bicyclic) bond motifs is 1. The van der Waals surface area contributed by atoms with Gasteiger partial charge in [0.15, 0.2) is 11.5 Å². The Balaban J connectivity index is 2.49. The maximum Gasteiger partial charge on any atom is 0.510 e. The van der Waals surface area contributed by atoms with Gasteiger partial charge in [-0.05, 0) is 12.1 Å². The molecule has 0 saturated heterocycles. The molecule has 0 aliphatic carbocycles. The molecule has 0 saturated carbocycles. The second-order valence-corrected chi connectivity index (χ2v) is 3.61. The standard InChI is InChI=1S/C6H6NO3P/c7-11(8)9-5-3-1-2-4-6(5)10-11/h1-4H,(H2,7,8). The van der Waals surface area contributed by atoms with Gasteiger partial charge in [-0.2, -0.15) is 0 Å². The molecule has 1 heterocycles. The van der Waals surface area contributed by atoms with Gasteiger partial charge in [0.05, 0.1) is 0 Å². The smallest absolute Gasteiger partial charge is 0.401 e. The lowest BCUT2D eigenvalue weighted by Gasteiger charge is -1.99. The van der Waals surface area contributed by atoms with Gasteiger partial charge in [0.25, 0.3) is 0 Å². The molecule has 1 aliphatic rings. The van der Waals surface area contributed by atoms with Crippen molar-refractivity contribution in [3.8, 4) is 11.5 Å². The molecular weight excluding hydrogens is 165 g/mol. The summed E-state index contributed by atoms with van der Waals surface area (Å²) in [5, 5.41) is 0. The lowest BCUT2D eigenvalue weighted by Crippen LogP contribution is -2.01. The van der Waals surface area contributed by atoms with Crippen molar-refractivity contribution in [3.05, 3.63) is 24.3 Å². The van der Waals surface area contributed by atoms with E-state index in [1.54, 1.807) is 24.3 Å². The molecule has 2 N–H and O–H groups in total. The number of benzene rings is 1. The molecule has 1 aromatic rings. The van der Waals surface area contributed by atoms with Crippen LogP contribution in [0.25, 0.3) is 0 Å². The van der Waals surface area contributed by atoms with Gasteiger partial charge in [0.2, 0.25) is 0 Å². The second kappa shape index (κ2) is 2.00. The Morgan fingerprint density at radius 2 is 1.64 bits per heavy atom. The molecule has 0 unspecified atom stereocenters. The van der Waals surface area contributed by atoms with Crippen molar-refractivity contribution in [2.45, 2.75) is 0 Å². The van der Waals surface area contributed by atoms with Crippen molar-refractivity contribution in [1.29, 1.82) is 0 Å². The molecular formula is C6H6NO3P. The summed E-state index contributed by atoms with van der Waals surface area (Å²) in [4.78, 5) is 0. The predicted octanol–water partition coefficient (Wildman–Crippen LogP) is 1.52. The summed E-state index contributed by atoms with van der Waals surface area (Å²) >= 11 is 0. The largest absolute Gasteiger partial charge is 0.510 e. The molecule has 2 rings (SSSR count). The van der Waals surface area contributed by atoms with E-state index in [1.807, 2.05) is 0 Å². The van der Waals surface area contributed by atoms with E-state index in [9.17, 15) is 4.57 Å². The molecule has 1 aromatic carbocycles. The third-order valence-corrected chi connectivity index (χ3v) is 2.20. The van der Waals surface area contributed by atoms with Crippen LogP contribution in [0.4, 0.5) is 0 Å². The van der Waals surface area contributed by atoms with Gasteiger partial charge in [-0.25, -0.2) is 10.1 Å². The third-order valence-electron chi connectivity index (χ3n) is 1.30. The van der Waals surface area contributed by atoms with Gasteiger partial charge in [-0.15, -0.1) is 0 Å². The van der Waals surface area contributed by atoms with Crippen LogP contribution in [0.3, 0.4) is 0 Å². The van der Waals surface area contributed by atoms with Crippen LogP contribution in [0.2, 0.25) is 0 Å². The average molecular weight is 171 g/mol. The number of hydrogen-bond acceptors (Lipinski definition) is 3. The fourth-order valence-corrected chi connectivity index (χ4v) is 1.78. The molecule has 0 spiro atoms. The monoisotopic (exact) mass is 171 g/mol. The van der Waals surface area contributed by atoms with Crippen molar-refractivity contribution in [1.82, 2.24) is 0 Å². The number of hydrogen-bond donors (Lipinski definition) is 1. The number of rotatable bonds is 0. The fraction of sp³-hybridized carbons (Fsp3) is 0. The summed E-state index contributed by atoms with van der Waals surface area (Å²) < 4.78 is 20.6. The van der Waals surface area contributed by atoms with Crippen LogP contribution in [0.15, 0.2) is 24.3 Å². The van der Waals surface area contributed by atoms with Gasteiger partial charge >= 0.3 is 7.75 Å². The molecule has 1 aliphatic heterocycles. The summed E-state index contributed by atoms with van der Waals surface area (Å²) in [6, 6.07) is 6.82. The van der Waals surface area contributed by atoms with E-state index >= 15 is 0 Å². The van der Waals surface area contributed by atoms with Crippen LogP contribution < -0.4 is 14.6 Å². The minimum Gasteiger partial charge on any atom is -0.401 e. The first-order valence-corrected chi connectivity index (χ1v) is 4.65. The van der Waals surface area contributed by atoms with E-state index in [4.69, 9.17) is 14.6 Å². The summed E-state index contributed by atoms with van der Waals surface area (Å²) in [5.41, 5.74) is 5.14. The van der Waals surface area contributed by atoms with Crippen LogP contribution in [-0.4, -0.2) is 0 Å². The summed E-state index contributed by atoms with van der Waals surface area (Å²) in [7, 11) is -3.33. The van der Waals surface area contributed by atoms with Crippen LogP contribution in [0, 0.1) is 0 Å². The summed E-state index contributed by atoms with van der Waals surface area (Å²) in [6.07, 6.45) is 0. The second-order valence-electron chi connectivity index (χ2n) is 2.17. The molecule has 58 valence electrons. The Bertz CT molecular complexity index is 309. The quantitative estimate of drug-likeness (QED) is 0.601. The highest BCUT2D eigenvalue weighted by atomic mass is 31.2. The van der Waals surface area contributed by atoms with Gasteiger partial charge in [0.1, 0.15) is 0 Å². The zero-order valence-corrected chi connectivity index (χ0v) is 6.45. The van der Waals surface area contributed by atoms with Gasteiger partial charge in [0, 0.05) is 0 Å². The topological polar surface area (TPSA) is 61.6 Å². The summed E-state index contributed by atoms with van der Waals surface area (Å²) in [6.45, 7) is 0. The first kappa shape index (κ1) is 6.70. The van der Waals surface area contributed by atoms with Crippen LogP contribution >= 0.6 is 7.75 Å². The van der Waals surface area contributed by atoms with E-state index in [-0.39, 0.29) is 0 Å². The molecule has 4 nitrogen and oxygen atoms in total. The molecule has 5 heteroatoms. The van der Waals surface area contributed by atoms with Gasteiger partial charge in [-0.1, -0.05) is 12.1 Å². The first-order valence-electron chi connectivity index (χ1n) is 3.04. The highest BCUT2D eigenvalue weighted by Crippen LogP contribution is 2.52. The van der Waals surface area contributed by atoms with Crippen molar-refractivity contribution in [2.24, 2.45) is 5.50 Å². The Morgan fingerprint density at radius 3 is 2.09 bits per heavy atom. The molecule has 0 atom stereocenters. The van der Waals surface area contributed by atoms with E-state index in [0.29, 0.717) is 11.5 Å². The maximum absolute atomic E-state index is 11.0. The minimum atomic E-state index is -3.33. The molecule has 0 radical (unpaired) electrons. The SMILES string of the molecule is NP1(=O)Oc2ccccc2O1. The number of nitrogens with two attached hydrogens (primary N) is 1. The Morgan fingerprint density at radius 1 is 1.18 bits per heavy atom. The fourth-order valence-electron chi connectivity index (χ4n) is 0.894. The summed E-state index contributed by atoms with van der Waals surface area (Å²) in [5.74, 6) is 0.886. The Hall–Kier alpha value is -0.990. The molecule has 11 heavy (non-hydrogen) atoms. The van der Waals surface area contributed by atoms with E-state index in [0.717, 1.165) is 0 Å². The van der Waals surface area contributed by atoms with Crippen LogP contribution in [0.1, 0.15) is 0 Å². The minimum absolute atomic E-state index is 0.443. The van der Waals surface area contributed by atoms with Gasteiger partial charge in [-0.3, -0.25) is 0 Å². The van der Waals surface area contributed by atoms with Crippen molar-refractivity contribution in [2.75, 3.05) is 0 Å². The zero-order valence-electron chi connectivity index (χ0n) is 5.56. The average Bonchev–Trinajstić information content (AvgIpc) is 2.21. The van der Waals surface area contributed by atoms with E-state index in [2.05, 4.69) is 0 Å². The Labute approximate surface area is 63.5 Å².